The van der Waals surface area contributed by atoms with Crippen molar-refractivity contribution < 1.29 is 22.7 Å². The predicted octanol–water partition coefficient (Wildman–Crippen LogP) is 2.45. The zero-order chi connectivity index (χ0) is 18.6. The molecule has 1 amide bonds. The number of amides is 1. The van der Waals surface area contributed by atoms with Gasteiger partial charge in [-0.05, 0) is 29.6 Å². The Morgan fingerprint density at radius 3 is 2.60 bits per heavy atom. The number of rotatable bonds is 6. The van der Waals surface area contributed by atoms with Crippen LogP contribution in [0.2, 0.25) is 5.02 Å². The van der Waals surface area contributed by atoms with Crippen molar-refractivity contribution in [1.82, 2.24) is 4.31 Å². The van der Waals surface area contributed by atoms with Gasteiger partial charge in [-0.25, -0.2) is 17.5 Å². The zero-order valence-electron chi connectivity index (χ0n) is 13.4. The number of halogens is 1. The molecule has 0 saturated carbocycles. The van der Waals surface area contributed by atoms with Gasteiger partial charge in [0.1, 0.15) is 4.90 Å². The van der Waals surface area contributed by atoms with Crippen LogP contribution in [0, 0.1) is 0 Å². The molecule has 0 aliphatic heterocycles. The summed E-state index contributed by atoms with van der Waals surface area (Å²) < 4.78 is 30.3. The van der Waals surface area contributed by atoms with E-state index in [0.717, 1.165) is 4.31 Å². The van der Waals surface area contributed by atoms with Crippen molar-refractivity contribution in [2.24, 2.45) is 0 Å². The fourth-order valence-electron chi connectivity index (χ4n) is 1.77. The minimum atomic E-state index is -3.76. The van der Waals surface area contributed by atoms with Crippen LogP contribution in [0.25, 0.3) is 0 Å². The van der Waals surface area contributed by atoms with Gasteiger partial charge < -0.3 is 10.1 Å². The standard InChI is InChI=1S/C15H15ClN2O5S2/c1-18(2)25(21,22)13-7-11(3-4-12(13)16)17-14(19)8-23-15(20)10-5-6-24-9-10/h3-7,9H,8H2,1-2H3,(H,17,19). The maximum Gasteiger partial charge on any atom is 0.339 e. The summed E-state index contributed by atoms with van der Waals surface area (Å²) in [6.45, 7) is -0.493. The van der Waals surface area contributed by atoms with Gasteiger partial charge in [-0.2, -0.15) is 11.3 Å². The molecule has 0 aliphatic rings. The number of carbonyl (C=O) groups is 2. The van der Waals surface area contributed by atoms with Crippen LogP contribution < -0.4 is 5.32 Å². The second kappa shape index (κ2) is 7.96. The number of nitrogens with one attached hydrogen (secondary N) is 1. The van der Waals surface area contributed by atoms with Gasteiger partial charge in [-0.15, -0.1) is 0 Å². The first-order valence-electron chi connectivity index (χ1n) is 6.93. The van der Waals surface area contributed by atoms with Crippen LogP contribution in [0.3, 0.4) is 0 Å². The number of nitrogens with zero attached hydrogens (tertiary/aromatic N) is 1. The van der Waals surface area contributed by atoms with Crippen LogP contribution >= 0.6 is 22.9 Å². The van der Waals surface area contributed by atoms with E-state index in [2.05, 4.69) is 5.32 Å². The summed E-state index contributed by atoms with van der Waals surface area (Å²) in [4.78, 5) is 23.4. The maximum atomic E-state index is 12.2. The summed E-state index contributed by atoms with van der Waals surface area (Å²) in [5.41, 5.74) is 0.588. The molecule has 134 valence electrons. The van der Waals surface area contributed by atoms with E-state index in [-0.39, 0.29) is 15.6 Å². The van der Waals surface area contributed by atoms with Crippen molar-refractivity contribution in [3.8, 4) is 0 Å². The number of ether oxygens (including phenoxy) is 1. The molecule has 25 heavy (non-hydrogen) atoms. The molecule has 2 rings (SSSR count). The van der Waals surface area contributed by atoms with Crippen molar-refractivity contribution in [3.05, 3.63) is 45.6 Å². The van der Waals surface area contributed by atoms with E-state index in [9.17, 15) is 18.0 Å². The largest absolute Gasteiger partial charge is 0.452 e. The third-order valence-electron chi connectivity index (χ3n) is 3.06. The smallest absolute Gasteiger partial charge is 0.339 e. The van der Waals surface area contributed by atoms with E-state index < -0.39 is 28.5 Å². The van der Waals surface area contributed by atoms with Crippen LogP contribution in [0.1, 0.15) is 10.4 Å². The highest BCUT2D eigenvalue weighted by molar-refractivity contribution is 7.89. The number of benzene rings is 1. The molecule has 0 unspecified atom stereocenters. The fraction of sp³-hybridized carbons (Fsp3) is 0.200. The summed E-state index contributed by atoms with van der Waals surface area (Å²) in [6.07, 6.45) is 0. The Bertz CT molecular complexity index is 879. The Morgan fingerprint density at radius 1 is 1.28 bits per heavy atom. The Balaban J connectivity index is 2.05. The lowest BCUT2D eigenvalue weighted by Gasteiger charge is -2.14. The fourth-order valence-corrected chi connectivity index (χ4v) is 3.79. The maximum absolute atomic E-state index is 12.2. The number of carbonyl (C=O) groups excluding carboxylic acids is 2. The summed E-state index contributed by atoms with van der Waals surface area (Å²) in [6, 6.07) is 5.65. The minimum absolute atomic E-state index is 0.0376. The van der Waals surface area contributed by atoms with Gasteiger partial charge in [0, 0.05) is 25.2 Å². The van der Waals surface area contributed by atoms with Crippen molar-refractivity contribution in [3.63, 3.8) is 0 Å². The molecule has 10 heteroatoms. The average molecular weight is 403 g/mol. The number of esters is 1. The molecule has 0 fully saturated rings. The third kappa shape index (κ3) is 4.79. The number of hydrogen-bond acceptors (Lipinski definition) is 6. The molecular weight excluding hydrogens is 388 g/mol. The highest BCUT2D eigenvalue weighted by Gasteiger charge is 2.21. The molecule has 1 N–H and O–H groups in total. The average Bonchev–Trinajstić information content (AvgIpc) is 3.08. The second-order valence-corrected chi connectivity index (χ2v) is 8.38. The molecule has 0 saturated heterocycles. The molecule has 1 aromatic carbocycles. The summed E-state index contributed by atoms with van der Waals surface area (Å²) in [7, 11) is -1.00. The molecular formula is C15H15ClN2O5S2. The first-order chi connectivity index (χ1) is 11.7. The molecule has 2 aromatic rings. The number of thiophene rings is 1. The number of anilines is 1. The summed E-state index contributed by atoms with van der Waals surface area (Å²) >= 11 is 7.27. The van der Waals surface area contributed by atoms with Crippen LogP contribution in [0.4, 0.5) is 5.69 Å². The van der Waals surface area contributed by atoms with Crippen molar-refractivity contribution in [2.75, 3.05) is 26.0 Å². The SMILES string of the molecule is CN(C)S(=O)(=O)c1cc(NC(=O)COC(=O)c2ccsc2)ccc1Cl. The Hall–Kier alpha value is -1.94. The molecule has 0 aliphatic carbocycles. The molecule has 0 spiro atoms. The lowest BCUT2D eigenvalue weighted by Crippen LogP contribution is -2.23. The Kier molecular flexibility index (Phi) is 6.17. The van der Waals surface area contributed by atoms with E-state index in [4.69, 9.17) is 16.3 Å². The van der Waals surface area contributed by atoms with Crippen LogP contribution in [0.5, 0.6) is 0 Å². The van der Waals surface area contributed by atoms with E-state index in [0.29, 0.717) is 5.56 Å². The van der Waals surface area contributed by atoms with E-state index in [1.165, 1.54) is 43.6 Å². The minimum Gasteiger partial charge on any atom is -0.452 e. The van der Waals surface area contributed by atoms with Gasteiger partial charge in [-0.1, -0.05) is 11.6 Å². The highest BCUT2D eigenvalue weighted by Crippen LogP contribution is 2.26. The van der Waals surface area contributed by atoms with Gasteiger partial charge in [0.25, 0.3) is 5.91 Å². The molecule has 1 aromatic heterocycles. The van der Waals surface area contributed by atoms with Crippen molar-refractivity contribution in [2.45, 2.75) is 4.90 Å². The van der Waals surface area contributed by atoms with E-state index in [1.54, 1.807) is 16.8 Å². The Morgan fingerprint density at radius 2 is 2.00 bits per heavy atom. The zero-order valence-corrected chi connectivity index (χ0v) is 15.7. The highest BCUT2D eigenvalue weighted by atomic mass is 35.5. The first kappa shape index (κ1) is 19.4. The Labute approximate surface area is 154 Å². The predicted molar refractivity (Wildman–Crippen MR) is 95.6 cm³/mol. The topological polar surface area (TPSA) is 92.8 Å². The molecule has 0 bridgehead atoms. The van der Waals surface area contributed by atoms with Gasteiger partial charge in [0.2, 0.25) is 10.0 Å². The first-order valence-corrected chi connectivity index (χ1v) is 9.69. The number of hydrogen-bond donors (Lipinski definition) is 1. The van der Waals surface area contributed by atoms with Gasteiger partial charge in [0.15, 0.2) is 6.61 Å². The molecule has 0 radical (unpaired) electrons. The van der Waals surface area contributed by atoms with Crippen molar-refractivity contribution >= 4 is 50.5 Å². The van der Waals surface area contributed by atoms with Crippen LogP contribution in [-0.4, -0.2) is 45.3 Å². The van der Waals surface area contributed by atoms with Gasteiger partial charge >= 0.3 is 5.97 Å². The molecule has 7 nitrogen and oxygen atoms in total. The monoisotopic (exact) mass is 402 g/mol. The van der Waals surface area contributed by atoms with Crippen LogP contribution in [0.15, 0.2) is 39.9 Å². The van der Waals surface area contributed by atoms with Gasteiger partial charge in [-0.3, -0.25) is 4.79 Å². The molecule has 0 atom stereocenters. The second-order valence-electron chi connectivity index (χ2n) is 5.07. The van der Waals surface area contributed by atoms with E-state index >= 15 is 0 Å². The van der Waals surface area contributed by atoms with E-state index in [1.807, 2.05) is 0 Å². The lowest BCUT2D eigenvalue weighted by molar-refractivity contribution is -0.119. The van der Waals surface area contributed by atoms with Crippen LogP contribution in [-0.2, 0) is 19.6 Å². The quantitative estimate of drug-likeness (QED) is 0.749. The van der Waals surface area contributed by atoms with Crippen molar-refractivity contribution in [1.29, 1.82) is 0 Å². The summed E-state index contributed by atoms with van der Waals surface area (Å²) in [5.74, 6) is -1.21. The third-order valence-corrected chi connectivity index (χ3v) is 6.04. The lowest BCUT2D eigenvalue weighted by atomic mass is 10.3. The molecule has 1 heterocycles. The normalized spacial score (nSPS) is 11.4. The summed E-state index contributed by atoms with van der Waals surface area (Å²) in [5, 5.41) is 5.83. The number of sulfonamides is 1. The van der Waals surface area contributed by atoms with Gasteiger partial charge in [0.05, 0.1) is 10.6 Å².